The van der Waals surface area contributed by atoms with Crippen molar-refractivity contribution in [1.82, 2.24) is 5.32 Å². The van der Waals surface area contributed by atoms with Gasteiger partial charge in [0.2, 0.25) is 0 Å². The molecule has 1 aliphatic rings. The Morgan fingerprint density at radius 3 is 2.66 bits per heavy atom. The maximum atomic E-state index is 12.3. The number of aryl methyl sites for hydroxylation is 1. The smallest absolute Gasteiger partial charge is 0.338 e. The first-order chi connectivity index (χ1) is 17.0. The minimum atomic E-state index is -0.299. The fourth-order valence-corrected chi connectivity index (χ4v) is 5.17. The van der Waals surface area contributed by atoms with Crippen molar-refractivity contribution >= 4 is 16.7 Å². The number of rotatable bonds is 6. The summed E-state index contributed by atoms with van der Waals surface area (Å²) in [5, 5.41) is 6.24. The molecule has 0 saturated carbocycles. The van der Waals surface area contributed by atoms with Crippen molar-refractivity contribution < 1.29 is 14.3 Å². The van der Waals surface area contributed by atoms with Gasteiger partial charge in [-0.05, 0) is 59.9 Å². The van der Waals surface area contributed by atoms with Crippen LogP contribution in [0.15, 0.2) is 84.9 Å². The molecule has 5 rings (SSSR count). The minimum absolute atomic E-state index is 0.00945. The SMILES string of the molecule is COC(=O)c1cc(C2CC(CN[C@H](C)c3cccc4ccccc34)Oc3ccccc32)ccc1C. The normalized spacial score (nSPS) is 17.9. The van der Waals surface area contributed by atoms with Gasteiger partial charge < -0.3 is 14.8 Å². The molecule has 178 valence electrons. The predicted octanol–water partition coefficient (Wildman–Crippen LogP) is 6.57. The van der Waals surface area contributed by atoms with E-state index >= 15 is 0 Å². The van der Waals surface area contributed by atoms with E-state index in [1.54, 1.807) is 0 Å². The van der Waals surface area contributed by atoms with Gasteiger partial charge in [0.25, 0.3) is 0 Å². The summed E-state index contributed by atoms with van der Waals surface area (Å²) in [6.07, 6.45) is 0.839. The van der Waals surface area contributed by atoms with Crippen LogP contribution in [-0.2, 0) is 4.74 Å². The van der Waals surface area contributed by atoms with Gasteiger partial charge in [0.15, 0.2) is 0 Å². The Morgan fingerprint density at radius 1 is 1.03 bits per heavy atom. The zero-order valence-electron chi connectivity index (χ0n) is 20.5. The van der Waals surface area contributed by atoms with Gasteiger partial charge >= 0.3 is 5.97 Å². The van der Waals surface area contributed by atoms with Gasteiger partial charge in [-0.1, -0.05) is 72.8 Å². The van der Waals surface area contributed by atoms with Gasteiger partial charge in [-0.15, -0.1) is 0 Å². The molecule has 0 saturated heterocycles. The molecule has 0 radical (unpaired) electrons. The Bertz CT molecular complexity index is 1360. The van der Waals surface area contributed by atoms with Gasteiger partial charge in [0.05, 0.1) is 12.7 Å². The van der Waals surface area contributed by atoms with E-state index in [9.17, 15) is 4.79 Å². The number of fused-ring (bicyclic) bond motifs is 2. The maximum absolute atomic E-state index is 12.3. The largest absolute Gasteiger partial charge is 0.489 e. The molecule has 35 heavy (non-hydrogen) atoms. The van der Waals surface area contributed by atoms with Crippen LogP contribution in [0.3, 0.4) is 0 Å². The third-order valence-corrected chi connectivity index (χ3v) is 7.10. The molecule has 1 aliphatic heterocycles. The highest BCUT2D eigenvalue weighted by molar-refractivity contribution is 5.91. The number of hydrogen-bond donors (Lipinski definition) is 1. The van der Waals surface area contributed by atoms with Gasteiger partial charge in [0, 0.05) is 24.1 Å². The van der Waals surface area contributed by atoms with Crippen molar-refractivity contribution in [2.45, 2.75) is 38.3 Å². The molecule has 0 aliphatic carbocycles. The summed E-state index contributed by atoms with van der Waals surface area (Å²) in [4.78, 5) is 12.3. The summed E-state index contributed by atoms with van der Waals surface area (Å²) in [5.74, 6) is 0.754. The van der Waals surface area contributed by atoms with Crippen molar-refractivity contribution in [2.24, 2.45) is 0 Å². The Balaban J connectivity index is 1.39. The quantitative estimate of drug-likeness (QED) is 0.327. The molecular formula is C31H31NO3. The summed E-state index contributed by atoms with van der Waals surface area (Å²) < 4.78 is 11.4. The topological polar surface area (TPSA) is 47.6 Å². The van der Waals surface area contributed by atoms with Gasteiger partial charge in [0.1, 0.15) is 11.9 Å². The van der Waals surface area contributed by atoms with E-state index in [0.717, 1.165) is 35.4 Å². The Hall–Kier alpha value is -3.63. The third kappa shape index (κ3) is 4.67. The van der Waals surface area contributed by atoms with E-state index < -0.39 is 0 Å². The highest BCUT2D eigenvalue weighted by Crippen LogP contribution is 2.41. The molecule has 0 amide bonds. The molecule has 4 heteroatoms. The lowest BCUT2D eigenvalue weighted by Gasteiger charge is -2.33. The van der Waals surface area contributed by atoms with Crippen LogP contribution in [0.1, 0.15) is 57.9 Å². The van der Waals surface area contributed by atoms with Crippen molar-refractivity contribution in [3.63, 3.8) is 0 Å². The monoisotopic (exact) mass is 465 g/mol. The zero-order chi connectivity index (χ0) is 24.4. The molecule has 1 heterocycles. The van der Waals surface area contributed by atoms with E-state index in [1.165, 1.54) is 23.4 Å². The van der Waals surface area contributed by atoms with Crippen molar-refractivity contribution in [1.29, 1.82) is 0 Å². The highest BCUT2D eigenvalue weighted by Gasteiger charge is 2.30. The number of carbonyl (C=O) groups excluding carboxylic acids is 1. The molecule has 4 nitrogen and oxygen atoms in total. The molecule has 4 aromatic carbocycles. The van der Waals surface area contributed by atoms with E-state index in [4.69, 9.17) is 9.47 Å². The maximum Gasteiger partial charge on any atom is 0.338 e. The first-order valence-corrected chi connectivity index (χ1v) is 12.2. The third-order valence-electron chi connectivity index (χ3n) is 7.10. The van der Waals surface area contributed by atoms with Crippen LogP contribution in [-0.4, -0.2) is 25.7 Å². The second-order valence-electron chi connectivity index (χ2n) is 9.33. The number of para-hydroxylation sites is 1. The second-order valence-corrected chi connectivity index (χ2v) is 9.33. The Kier molecular flexibility index (Phi) is 6.56. The molecule has 4 aromatic rings. The second kappa shape index (κ2) is 9.93. The highest BCUT2D eigenvalue weighted by atomic mass is 16.5. The summed E-state index contributed by atoms with van der Waals surface area (Å²) in [6.45, 7) is 4.87. The van der Waals surface area contributed by atoms with Gasteiger partial charge in [-0.3, -0.25) is 0 Å². The average Bonchev–Trinajstić information content (AvgIpc) is 2.90. The van der Waals surface area contributed by atoms with Crippen LogP contribution in [0.2, 0.25) is 0 Å². The van der Waals surface area contributed by atoms with E-state index in [-0.39, 0.29) is 24.0 Å². The molecule has 0 fully saturated rings. The molecule has 0 aromatic heterocycles. The van der Waals surface area contributed by atoms with Crippen LogP contribution >= 0.6 is 0 Å². The lowest BCUT2D eigenvalue weighted by molar-refractivity contribution is 0.0599. The molecule has 1 N–H and O–H groups in total. The first kappa shape index (κ1) is 23.1. The van der Waals surface area contributed by atoms with Gasteiger partial charge in [-0.25, -0.2) is 4.79 Å². The fraction of sp³-hybridized carbons (Fsp3) is 0.258. The standard InChI is InChI=1S/C31H31NO3/c1-20-15-16-23(17-28(20)31(33)34-3)29-18-24(35-30-14-7-6-12-27(29)30)19-32-21(2)25-13-8-10-22-9-4-5-11-26(22)25/h4-17,21,24,29,32H,18-19H2,1-3H3/t21-,24?,29?/m1/s1. The number of ether oxygens (including phenoxy) is 2. The fourth-order valence-electron chi connectivity index (χ4n) is 5.17. The summed E-state index contributed by atoms with van der Waals surface area (Å²) in [7, 11) is 1.43. The molecule has 3 atom stereocenters. The van der Waals surface area contributed by atoms with Crippen molar-refractivity contribution in [3.05, 3.63) is 113 Å². The van der Waals surface area contributed by atoms with E-state index in [0.29, 0.717) is 5.56 Å². The van der Waals surface area contributed by atoms with Crippen molar-refractivity contribution in [3.8, 4) is 5.75 Å². The van der Waals surface area contributed by atoms with Crippen LogP contribution < -0.4 is 10.1 Å². The zero-order valence-corrected chi connectivity index (χ0v) is 20.5. The van der Waals surface area contributed by atoms with Gasteiger partial charge in [-0.2, -0.15) is 0 Å². The summed E-state index contributed by atoms with van der Waals surface area (Å²) in [6, 6.07) is 29.5. The van der Waals surface area contributed by atoms with Crippen molar-refractivity contribution in [2.75, 3.05) is 13.7 Å². The van der Waals surface area contributed by atoms with E-state index in [1.807, 2.05) is 37.3 Å². The van der Waals surface area contributed by atoms with Crippen LogP contribution in [0.5, 0.6) is 5.75 Å². The number of carbonyl (C=O) groups is 1. The van der Waals surface area contributed by atoms with E-state index in [2.05, 4.69) is 66.8 Å². The number of nitrogens with one attached hydrogen (secondary N) is 1. The lowest BCUT2D eigenvalue weighted by atomic mass is 9.83. The number of esters is 1. The van der Waals surface area contributed by atoms with Crippen LogP contribution in [0.4, 0.5) is 0 Å². The Morgan fingerprint density at radius 2 is 1.80 bits per heavy atom. The number of benzene rings is 4. The predicted molar refractivity (Wildman–Crippen MR) is 140 cm³/mol. The number of methoxy groups -OCH3 is 1. The minimum Gasteiger partial charge on any atom is -0.489 e. The lowest BCUT2D eigenvalue weighted by Crippen LogP contribution is -2.37. The Labute approximate surface area is 206 Å². The molecule has 0 spiro atoms. The molecule has 2 unspecified atom stereocenters. The molecular weight excluding hydrogens is 434 g/mol. The van der Waals surface area contributed by atoms with Crippen LogP contribution in [0.25, 0.3) is 10.8 Å². The van der Waals surface area contributed by atoms with Crippen LogP contribution in [0, 0.1) is 6.92 Å². The average molecular weight is 466 g/mol. The summed E-state index contributed by atoms with van der Waals surface area (Å²) in [5.41, 5.74) is 5.10. The summed E-state index contributed by atoms with van der Waals surface area (Å²) >= 11 is 0. The number of hydrogen-bond acceptors (Lipinski definition) is 4. The molecule has 0 bridgehead atoms. The first-order valence-electron chi connectivity index (χ1n) is 12.2.